The van der Waals surface area contributed by atoms with E-state index in [1.807, 2.05) is 36.4 Å². The van der Waals surface area contributed by atoms with E-state index in [1.54, 1.807) is 4.68 Å². The van der Waals surface area contributed by atoms with Crippen molar-refractivity contribution >= 4 is 10.9 Å². The van der Waals surface area contributed by atoms with Crippen molar-refractivity contribution in [2.24, 2.45) is 0 Å². The zero-order valence-corrected chi connectivity index (χ0v) is 21.3. The summed E-state index contributed by atoms with van der Waals surface area (Å²) in [6, 6.07) is 11.5. The van der Waals surface area contributed by atoms with Crippen LogP contribution in [0.1, 0.15) is 29.8 Å². The summed E-state index contributed by atoms with van der Waals surface area (Å²) in [4.78, 5) is 18.3. The summed E-state index contributed by atoms with van der Waals surface area (Å²) in [5.41, 5.74) is 2.19. The highest BCUT2D eigenvalue weighted by Crippen LogP contribution is 2.35. The standard InChI is InChI=1S/C27H28N6O6/c34-27-19(9-18-10-24-25(11-21(18)28-27)37-7-6-36-24)13-32(12-17-3-4-22-23(8-17)39-16-38-22)15-26-29-30-31-33(26)14-20-2-1-5-35-20/h3-4,8-11,20H,1-2,5-7,12-16H2,(H,28,34). The second kappa shape index (κ2) is 10.2. The highest BCUT2D eigenvalue weighted by Gasteiger charge is 2.22. The van der Waals surface area contributed by atoms with Gasteiger partial charge in [-0.1, -0.05) is 6.07 Å². The molecule has 1 N–H and O–H groups in total. The summed E-state index contributed by atoms with van der Waals surface area (Å²) in [6.07, 6.45) is 2.14. The van der Waals surface area contributed by atoms with Crippen LogP contribution in [0.25, 0.3) is 10.9 Å². The molecule has 0 bridgehead atoms. The number of nitrogens with one attached hydrogen (secondary N) is 1. The first-order valence-electron chi connectivity index (χ1n) is 13.1. The van der Waals surface area contributed by atoms with Gasteiger partial charge in [0.1, 0.15) is 13.2 Å². The van der Waals surface area contributed by atoms with Crippen LogP contribution in [0.4, 0.5) is 0 Å². The van der Waals surface area contributed by atoms with E-state index in [4.69, 9.17) is 23.7 Å². The average Bonchev–Trinajstić information content (AvgIpc) is 3.71. The second-order valence-electron chi connectivity index (χ2n) is 9.95. The molecule has 39 heavy (non-hydrogen) atoms. The highest BCUT2D eigenvalue weighted by atomic mass is 16.7. The number of fused-ring (bicyclic) bond motifs is 3. The highest BCUT2D eigenvalue weighted by molar-refractivity contribution is 5.83. The smallest absolute Gasteiger partial charge is 0.252 e. The van der Waals surface area contributed by atoms with Crippen molar-refractivity contribution in [3.63, 3.8) is 0 Å². The maximum atomic E-state index is 13.2. The van der Waals surface area contributed by atoms with Crippen LogP contribution in [0.3, 0.4) is 0 Å². The van der Waals surface area contributed by atoms with Crippen molar-refractivity contribution < 1.29 is 23.7 Å². The Morgan fingerprint density at radius 3 is 2.64 bits per heavy atom. The molecular weight excluding hydrogens is 504 g/mol. The molecule has 4 aromatic rings. The summed E-state index contributed by atoms with van der Waals surface area (Å²) in [7, 11) is 0. The SMILES string of the molecule is O=c1[nH]c2cc3c(cc2cc1CN(Cc1ccc2c(c1)OCO2)Cc1nnnn1CC1CCCO1)OCCO3. The fourth-order valence-electron chi connectivity index (χ4n) is 5.27. The lowest BCUT2D eigenvalue weighted by atomic mass is 10.1. The molecule has 12 nitrogen and oxygen atoms in total. The van der Waals surface area contributed by atoms with Crippen LogP contribution in [0.15, 0.2) is 41.2 Å². The Morgan fingerprint density at radius 2 is 1.77 bits per heavy atom. The lowest BCUT2D eigenvalue weighted by molar-refractivity contribution is 0.0914. The Labute approximate surface area is 223 Å². The van der Waals surface area contributed by atoms with Crippen LogP contribution in [0, 0.1) is 0 Å². The molecule has 12 heteroatoms. The van der Waals surface area contributed by atoms with E-state index >= 15 is 0 Å². The van der Waals surface area contributed by atoms with Gasteiger partial charge in [0.25, 0.3) is 5.56 Å². The van der Waals surface area contributed by atoms with Gasteiger partial charge in [-0.2, -0.15) is 0 Å². The number of aromatic nitrogens is 5. The van der Waals surface area contributed by atoms with E-state index in [1.165, 1.54) is 0 Å². The predicted molar refractivity (Wildman–Crippen MR) is 138 cm³/mol. The molecule has 1 atom stereocenters. The van der Waals surface area contributed by atoms with Gasteiger partial charge in [-0.3, -0.25) is 9.69 Å². The normalized spacial score (nSPS) is 17.8. The van der Waals surface area contributed by atoms with E-state index in [0.717, 1.165) is 36.1 Å². The van der Waals surface area contributed by atoms with Crippen molar-refractivity contribution in [2.45, 2.75) is 45.1 Å². The molecule has 0 saturated carbocycles. The second-order valence-corrected chi connectivity index (χ2v) is 9.95. The van der Waals surface area contributed by atoms with E-state index in [0.29, 0.717) is 73.5 Å². The molecule has 2 aromatic carbocycles. The molecule has 0 radical (unpaired) electrons. The van der Waals surface area contributed by atoms with Crippen LogP contribution in [0.5, 0.6) is 23.0 Å². The van der Waals surface area contributed by atoms with Gasteiger partial charge in [-0.15, -0.1) is 5.10 Å². The molecule has 2 aromatic heterocycles. The Bertz CT molecular complexity index is 1560. The summed E-state index contributed by atoms with van der Waals surface area (Å²) in [6.45, 7) is 3.93. The molecule has 0 aliphatic carbocycles. The molecule has 1 saturated heterocycles. The van der Waals surface area contributed by atoms with Crippen LogP contribution in [-0.2, 0) is 30.9 Å². The first kappa shape index (κ1) is 23.9. The number of aromatic amines is 1. The van der Waals surface area contributed by atoms with Crippen molar-refractivity contribution in [1.82, 2.24) is 30.1 Å². The third-order valence-electron chi connectivity index (χ3n) is 7.19. The van der Waals surface area contributed by atoms with Gasteiger partial charge in [0.2, 0.25) is 6.79 Å². The minimum atomic E-state index is -0.159. The van der Waals surface area contributed by atoms with E-state index in [-0.39, 0.29) is 18.5 Å². The van der Waals surface area contributed by atoms with Gasteiger partial charge in [0.15, 0.2) is 28.8 Å². The molecule has 7 rings (SSSR count). The minimum absolute atomic E-state index is 0.106. The fraction of sp³-hybridized carbons (Fsp3) is 0.407. The Kier molecular flexibility index (Phi) is 6.25. The van der Waals surface area contributed by atoms with Crippen molar-refractivity contribution in [1.29, 1.82) is 0 Å². The first-order valence-corrected chi connectivity index (χ1v) is 13.1. The molecule has 3 aliphatic rings. The number of benzene rings is 2. The number of pyridine rings is 1. The predicted octanol–water partition coefficient (Wildman–Crippen LogP) is 2.40. The zero-order chi connectivity index (χ0) is 26.2. The lowest BCUT2D eigenvalue weighted by Crippen LogP contribution is -2.29. The molecule has 0 amide bonds. The number of hydrogen-bond donors (Lipinski definition) is 1. The summed E-state index contributed by atoms with van der Waals surface area (Å²) in [5.74, 6) is 3.47. The van der Waals surface area contributed by atoms with Crippen LogP contribution in [0.2, 0.25) is 0 Å². The lowest BCUT2D eigenvalue weighted by Gasteiger charge is -2.23. The molecule has 1 unspecified atom stereocenters. The summed E-state index contributed by atoms with van der Waals surface area (Å²) >= 11 is 0. The number of nitrogens with zero attached hydrogens (tertiary/aromatic N) is 5. The van der Waals surface area contributed by atoms with Crippen LogP contribution >= 0.6 is 0 Å². The number of rotatable bonds is 8. The molecule has 1 fully saturated rings. The Morgan fingerprint density at radius 1 is 0.923 bits per heavy atom. The minimum Gasteiger partial charge on any atom is -0.486 e. The fourth-order valence-corrected chi connectivity index (χ4v) is 5.27. The zero-order valence-electron chi connectivity index (χ0n) is 21.3. The number of hydrogen-bond acceptors (Lipinski definition) is 10. The largest absolute Gasteiger partial charge is 0.486 e. The summed E-state index contributed by atoms with van der Waals surface area (Å²) < 4.78 is 30.1. The average molecular weight is 533 g/mol. The van der Waals surface area contributed by atoms with E-state index in [2.05, 4.69) is 25.4 Å². The van der Waals surface area contributed by atoms with Crippen molar-refractivity contribution in [3.05, 3.63) is 63.7 Å². The molecule has 3 aliphatic heterocycles. The van der Waals surface area contributed by atoms with Crippen LogP contribution in [-0.4, -0.2) is 62.8 Å². The number of tetrazole rings is 1. The van der Waals surface area contributed by atoms with Crippen molar-refractivity contribution in [3.8, 4) is 23.0 Å². The number of ether oxygens (including phenoxy) is 5. The van der Waals surface area contributed by atoms with Gasteiger partial charge in [-0.05, 0) is 53.1 Å². The molecule has 0 spiro atoms. The number of H-pyrrole nitrogens is 1. The molecular formula is C27H28N6O6. The Hall–Kier alpha value is -4.16. The quantitative estimate of drug-likeness (QED) is 0.362. The Balaban J connectivity index is 1.19. The van der Waals surface area contributed by atoms with Crippen molar-refractivity contribution in [2.75, 3.05) is 26.6 Å². The van der Waals surface area contributed by atoms with Gasteiger partial charge in [-0.25, -0.2) is 4.68 Å². The maximum Gasteiger partial charge on any atom is 0.252 e. The maximum absolute atomic E-state index is 13.2. The van der Waals surface area contributed by atoms with Crippen LogP contribution < -0.4 is 24.5 Å². The topological polar surface area (TPSA) is 126 Å². The molecule has 5 heterocycles. The van der Waals surface area contributed by atoms with Gasteiger partial charge in [0, 0.05) is 36.7 Å². The third-order valence-corrected chi connectivity index (χ3v) is 7.19. The monoisotopic (exact) mass is 532 g/mol. The van der Waals surface area contributed by atoms with E-state index < -0.39 is 0 Å². The van der Waals surface area contributed by atoms with Gasteiger partial charge < -0.3 is 28.7 Å². The van der Waals surface area contributed by atoms with E-state index in [9.17, 15) is 4.79 Å². The van der Waals surface area contributed by atoms with Gasteiger partial charge in [0.05, 0.1) is 24.7 Å². The molecule has 202 valence electrons. The van der Waals surface area contributed by atoms with Gasteiger partial charge >= 0.3 is 0 Å². The summed E-state index contributed by atoms with van der Waals surface area (Å²) in [5, 5.41) is 13.3. The first-order chi connectivity index (χ1) is 19.2. The third kappa shape index (κ3) is 5.00.